The van der Waals surface area contributed by atoms with Gasteiger partial charge in [-0.05, 0) is 36.8 Å². The van der Waals surface area contributed by atoms with Crippen molar-refractivity contribution in [2.24, 2.45) is 0 Å². The van der Waals surface area contributed by atoms with Gasteiger partial charge in [-0.25, -0.2) is 9.97 Å². The lowest BCUT2D eigenvalue weighted by molar-refractivity contribution is 0.0787. The second kappa shape index (κ2) is 8.74. The van der Waals surface area contributed by atoms with Crippen molar-refractivity contribution in [2.75, 3.05) is 38.8 Å². The maximum atomic E-state index is 6.27. The first-order valence-corrected chi connectivity index (χ1v) is 11.6. The molecular weight excluding hydrogens is 446 g/mol. The topological polar surface area (TPSA) is 83.8 Å². The van der Waals surface area contributed by atoms with Gasteiger partial charge in [-0.15, -0.1) is 0 Å². The third-order valence-electron chi connectivity index (χ3n) is 6.60. The molecule has 2 aliphatic rings. The summed E-state index contributed by atoms with van der Waals surface area (Å²) in [6.45, 7) is 4.70. The Labute approximate surface area is 203 Å². The van der Waals surface area contributed by atoms with E-state index in [1.807, 2.05) is 54.5 Å². The van der Waals surface area contributed by atoms with E-state index in [1.165, 1.54) is 0 Å². The quantitative estimate of drug-likeness (QED) is 0.421. The number of fused-ring (bicyclic) bond motifs is 2. The molecule has 1 saturated heterocycles. The summed E-state index contributed by atoms with van der Waals surface area (Å²) >= 11 is 0. The Morgan fingerprint density at radius 2 is 1.94 bits per heavy atom. The third-order valence-corrected chi connectivity index (χ3v) is 6.60. The van der Waals surface area contributed by atoms with Crippen molar-refractivity contribution in [2.45, 2.75) is 25.7 Å². The summed E-state index contributed by atoms with van der Waals surface area (Å²) in [7, 11) is 3.39. The van der Waals surface area contributed by atoms with Crippen molar-refractivity contribution in [1.82, 2.24) is 19.5 Å². The summed E-state index contributed by atoms with van der Waals surface area (Å²) < 4.78 is 25.4. The normalized spacial score (nSPS) is 17.5. The summed E-state index contributed by atoms with van der Waals surface area (Å²) in [4.78, 5) is 15.9. The lowest BCUT2D eigenvalue weighted by Gasteiger charge is -2.39. The number of aromatic nitrogens is 4. The Morgan fingerprint density at radius 1 is 1.06 bits per heavy atom. The Hall–Kier alpha value is -3.85. The van der Waals surface area contributed by atoms with Gasteiger partial charge in [0.2, 0.25) is 5.75 Å². The van der Waals surface area contributed by atoms with E-state index in [4.69, 9.17) is 23.9 Å². The molecule has 4 aromatic rings. The van der Waals surface area contributed by atoms with Crippen LogP contribution in [0, 0.1) is 6.92 Å². The highest BCUT2D eigenvalue weighted by Gasteiger charge is 2.28. The second-order valence-corrected chi connectivity index (χ2v) is 8.95. The Kier molecular flexibility index (Phi) is 5.41. The molecule has 1 fully saturated rings. The van der Waals surface area contributed by atoms with E-state index in [9.17, 15) is 0 Å². The zero-order valence-electron chi connectivity index (χ0n) is 20.0. The van der Waals surface area contributed by atoms with Gasteiger partial charge in [0, 0.05) is 37.7 Å². The highest BCUT2D eigenvalue weighted by Crippen LogP contribution is 2.44. The summed E-state index contributed by atoms with van der Waals surface area (Å²) in [5, 5.41) is 0. The molecule has 1 aromatic carbocycles. The van der Waals surface area contributed by atoms with Crippen LogP contribution in [0.5, 0.6) is 17.2 Å². The fourth-order valence-corrected chi connectivity index (χ4v) is 4.49. The number of rotatable bonds is 6. The molecule has 5 heterocycles. The summed E-state index contributed by atoms with van der Waals surface area (Å²) in [6.07, 6.45) is 5.60. The van der Waals surface area contributed by atoms with E-state index in [1.54, 1.807) is 14.2 Å². The first-order valence-electron chi connectivity index (χ1n) is 11.6. The Morgan fingerprint density at radius 3 is 2.71 bits per heavy atom. The van der Waals surface area contributed by atoms with E-state index in [0.717, 1.165) is 46.8 Å². The van der Waals surface area contributed by atoms with Gasteiger partial charge in [0.1, 0.15) is 12.1 Å². The largest absolute Gasteiger partial charge is 0.493 e. The molecule has 9 heteroatoms. The number of nitrogens with zero attached hydrogens (tertiary/aromatic N) is 5. The fourth-order valence-electron chi connectivity index (χ4n) is 4.49. The predicted octanol–water partition coefficient (Wildman–Crippen LogP) is 3.54. The minimum absolute atomic E-state index is 0.239. The van der Waals surface area contributed by atoms with Gasteiger partial charge in [0.05, 0.1) is 38.0 Å². The number of hydrogen-bond acceptors (Lipinski definition) is 8. The number of methoxy groups -OCH3 is 2. The zero-order chi connectivity index (χ0) is 23.9. The van der Waals surface area contributed by atoms with E-state index in [0.29, 0.717) is 30.4 Å². The molecule has 180 valence electrons. The third kappa shape index (κ3) is 4.01. The van der Waals surface area contributed by atoms with E-state index in [2.05, 4.69) is 20.9 Å². The van der Waals surface area contributed by atoms with Gasteiger partial charge < -0.3 is 28.4 Å². The Bertz CT molecular complexity index is 1350. The lowest BCUT2D eigenvalue weighted by atomic mass is 10.1. The molecule has 1 unspecified atom stereocenters. The molecule has 9 nitrogen and oxygen atoms in total. The maximum absolute atomic E-state index is 6.27. The molecule has 0 bridgehead atoms. The molecule has 0 amide bonds. The van der Waals surface area contributed by atoms with Gasteiger partial charge in [-0.2, -0.15) is 0 Å². The average Bonchev–Trinajstić information content (AvgIpc) is 3.25. The highest BCUT2D eigenvalue weighted by molar-refractivity contribution is 5.75. The smallest absolute Gasteiger partial charge is 0.204 e. The van der Waals surface area contributed by atoms with E-state index >= 15 is 0 Å². The van der Waals surface area contributed by atoms with Crippen LogP contribution in [-0.4, -0.2) is 59.5 Å². The number of aryl methyl sites for hydroxylation is 1. The predicted molar refractivity (Wildman–Crippen MR) is 130 cm³/mol. The first-order chi connectivity index (χ1) is 17.1. The van der Waals surface area contributed by atoms with Crippen LogP contribution >= 0.6 is 0 Å². The summed E-state index contributed by atoms with van der Waals surface area (Å²) in [5.41, 5.74) is 5.71. The number of benzene rings is 1. The minimum atomic E-state index is -0.239. The van der Waals surface area contributed by atoms with Crippen LogP contribution in [0.2, 0.25) is 0 Å². The molecule has 2 aliphatic heterocycles. The second-order valence-electron chi connectivity index (χ2n) is 8.95. The van der Waals surface area contributed by atoms with Crippen LogP contribution in [0.25, 0.3) is 11.2 Å². The van der Waals surface area contributed by atoms with Gasteiger partial charge in [-0.3, -0.25) is 4.98 Å². The van der Waals surface area contributed by atoms with E-state index < -0.39 is 0 Å². The van der Waals surface area contributed by atoms with Crippen molar-refractivity contribution in [3.05, 3.63) is 65.9 Å². The van der Waals surface area contributed by atoms with Crippen LogP contribution < -0.4 is 19.1 Å². The van der Waals surface area contributed by atoms with Crippen molar-refractivity contribution in [3.63, 3.8) is 0 Å². The molecule has 0 aliphatic carbocycles. The number of hydrogen-bond donors (Lipinski definition) is 0. The molecular formula is C26H27N5O4. The summed E-state index contributed by atoms with van der Waals surface area (Å²) in [5.74, 6) is 1.91. The zero-order valence-corrected chi connectivity index (χ0v) is 20.0. The van der Waals surface area contributed by atoms with Gasteiger partial charge in [0.25, 0.3) is 0 Å². The van der Waals surface area contributed by atoms with Crippen molar-refractivity contribution < 1.29 is 18.9 Å². The standard InChI is InChI=1S/C26H27N5O4/c1-16-4-5-18(9-27-16)24-14-34-23-7-17(6-22(33-3)25(23)35-24)11-31-15-29-21-8-19(10-28-26(21)31)30-12-20(13-30)32-2/h4-10,15,20,24H,11-14H2,1-3H3. The monoisotopic (exact) mass is 473 g/mol. The average molecular weight is 474 g/mol. The number of pyridine rings is 2. The van der Waals surface area contributed by atoms with Crippen LogP contribution in [0.3, 0.4) is 0 Å². The molecule has 0 N–H and O–H groups in total. The molecule has 3 aromatic heterocycles. The van der Waals surface area contributed by atoms with Crippen molar-refractivity contribution in [1.29, 1.82) is 0 Å². The van der Waals surface area contributed by atoms with Crippen LogP contribution in [-0.2, 0) is 11.3 Å². The number of anilines is 1. The molecule has 35 heavy (non-hydrogen) atoms. The SMILES string of the molecule is COc1cc(Cn2cnc3cc(N4CC(OC)C4)cnc32)cc2c1OC(c1ccc(C)nc1)CO2. The highest BCUT2D eigenvalue weighted by atomic mass is 16.6. The fraction of sp³-hybridized carbons (Fsp3) is 0.346. The maximum Gasteiger partial charge on any atom is 0.204 e. The van der Waals surface area contributed by atoms with Crippen molar-refractivity contribution in [3.8, 4) is 17.2 Å². The van der Waals surface area contributed by atoms with Gasteiger partial charge in [0.15, 0.2) is 23.3 Å². The van der Waals surface area contributed by atoms with Crippen LogP contribution in [0.1, 0.15) is 22.9 Å². The Balaban J connectivity index is 1.23. The van der Waals surface area contributed by atoms with Crippen LogP contribution in [0.15, 0.2) is 49.1 Å². The molecule has 0 spiro atoms. The number of imidazole rings is 1. The van der Waals surface area contributed by atoms with Crippen LogP contribution in [0.4, 0.5) is 5.69 Å². The molecule has 0 saturated carbocycles. The first kappa shape index (κ1) is 21.7. The lowest BCUT2D eigenvalue weighted by Crippen LogP contribution is -2.51. The van der Waals surface area contributed by atoms with Gasteiger partial charge >= 0.3 is 0 Å². The molecule has 0 radical (unpaired) electrons. The summed E-state index contributed by atoms with van der Waals surface area (Å²) in [6, 6.07) is 10.0. The molecule has 1 atom stereocenters. The van der Waals surface area contributed by atoms with Gasteiger partial charge in [-0.1, -0.05) is 6.07 Å². The van der Waals surface area contributed by atoms with E-state index in [-0.39, 0.29) is 12.2 Å². The number of ether oxygens (including phenoxy) is 4. The van der Waals surface area contributed by atoms with Crippen molar-refractivity contribution >= 4 is 16.9 Å². The minimum Gasteiger partial charge on any atom is -0.493 e. The molecule has 6 rings (SSSR count).